The third-order valence-electron chi connectivity index (χ3n) is 2.91. The van der Waals surface area contributed by atoms with Crippen LogP contribution < -0.4 is 5.73 Å². The van der Waals surface area contributed by atoms with Crippen molar-refractivity contribution in [3.05, 3.63) is 46.6 Å². The number of nitriles is 1. The van der Waals surface area contributed by atoms with Gasteiger partial charge in [0.05, 0.1) is 13.2 Å². The second-order valence-electron chi connectivity index (χ2n) is 4.39. The number of benzene rings is 1. The Morgan fingerprint density at radius 2 is 2.05 bits per heavy atom. The molecule has 2 rings (SSSR count). The van der Waals surface area contributed by atoms with Crippen molar-refractivity contribution in [3.63, 3.8) is 0 Å². The van der Waals surface area contributed by atoms with Gasteiger partial charge in [-0.1, -0.05) is 29.8 Å². The van der Waals surface area contributed by atoms with Crippen molar-refractivity contribution in [2.24, 2.45) is 0 Å². The Labute approximate surface area is 112 Å². The van der Waals surface area contributed by atoms with Crippen LogP contribution in [0.4, 0.5) is 5.82 Å². The fourth-order valence-electron chi connectivity index (χ4n) is 1.87. The molecule has 19 heavy (non-hydrogen) atoms. The molecule has 0 unspecified atom stereocenters. The van der Waals surface area contributed by atoms with E-state index in [1.54, 1.807) is 11.8 Å². The lowest BCUT2D eigenvalue weighted by Gasteiger charge is -2.04. The minimum Gasteiger partial charge on any atom is -0.383 e. The van der Waals surface area contributed by atoms with Gasteiger partial charge in [0.1, 0.15) is 23.1 Å². The van der Waals surface area contributed by atoms with Crippen LogP contribution in [-0.4, -0.2) is 16.9 Å². The topological polar surface area (TPSA) is 76.9 Å². The summed E-state index contributed by atoms with van der Waals surface area (Å²) >= 11 is 0. The van der Waals surface area contributed by atoms with Crippen molar-refractivity contribution in [2.75, 3.05) is 12.8 Å². The molecule has 2 N–H and O–H groups in total. The molecule has 0 saturated heterocycles. The van der Waals surface area contributed by atoms with Crippen molar-refractivity contribution in [3.8, 4) is 6.07 Å². The average Bonchev–Trinajstić information content (AvgIpc) is 2.69. The summed E-state index contributed by atoms with van der Waals surface area (Å²) in [7, 11) is 1.57. The molecular weight excluding hydrogens is 240 g/mol. The molecule has 1 heterocycles. The van der Waals surface area contributed by atoms with Gasteiger partial charge in [0.15, 0.2) is 0 Å². The molecule has 0 amide bonds. The molecule has 0 aliphatic rings. The van der Waals surface area contributed by atoms with Crippen molar-refractivity contribution in [1.29, 1.82) is 5.26 Å². The molecule has 1 aromatic carbocycles. The Morgan fingerprint density at radius 1 is 1.37 bits per heavy atom. The van der Waals surface area contributed by atoms with Crippen LogP contribution in [0.5, 0.6) is 0 Å². The first kappa shape index (κ1) is 13.1. The Kier molecular flexibility index (Phi) is 3.83. The predicted molar refractivity (Wildman–Crippen MR) is 72.3 cm³/mol. The van der Waals surface area contributed by atoms with Gasteiger partial charge in [-0.25, -0.2) is 4.68 Å². The summed E-state index contributed by atoms with van der Waals surface area (Å²) in [6.07, 6.45) is 0. The summed E-state index contributed by atoms with van der Waals surface area (Å²) in [5, 5.41) is 13.4. The molecule has 5 heteroatoms. The number of nitrogens with two attached hydrogens (primary N) is 1. The van der Waals surface area contributed by atoms with E-state index in [1.165, 1.54) is 5.56 Å². The summed E-state index contributed by atoms with van der Waals surface area (Å²) in [5.74, 6) is 0.384. The molecule has 0 aliphatic heterocycles. The SMILES string of the molecule is COCc1nn(Cc2ccc(C)cc2)c(N)c1C#N. The minimum atomic E-state index is 0.286. The van der Waals surface area contributed by atoms with Crippen LogP contribution in [0.25, 0.3) is 0 Å². The Hall–Kier alpha value is -2.32. The standard InChI is InChI=1S/C14H16N4O/c1-10-3-5-11(6-4-10)8-18-14(16)12(7-15)13(17-18)9-19-2/h3-6H,8-9,16H2,1-2H3. The number of rotatable bonds is 4. The van der Waals surface area contributed by atoms with E-state index < -0.39 is 0 Å². The average molecular weight is 256 g/mol. The quantitative estimate of drug-likeness (QED) is 0.905. The third-order valence-corrected chi connectivity index (χ3v) is 2.91. The molecule has 0 atom stereocenters. The van der Waals surface area contributed by atoms with Crippen LogP contribution in [0, 0.1) is 18.3 Å². The molecular formula is C14H16N4O. The van der Waals surface area contributed by atoms with Gasteiger partial charge in [-0.2, -0.15) is 10.4 Å². The highest BCUT2D eigenvalue weighted by molar-refractivity contribution is 5.52. The predicted octanol–water partition coefficient (Wildman–Crippen LogP) is 1.84. The van der Waals surface area contributed by atoms with Gasteiger partial charge in [0.25, 0.3) is 0 Å². The van der Waals surface area contributed by atoms with Gasteiger partial charge >= 0.3 is 0 Å². The number of aryl methyl sites for hydroxylation is 1. The number of anilines is 1. The molecule has 0 fully saturated rings. The maximum Gasteiger partial charge on any atom is 0.140 e. The maximum atomic E-state index is 9.10. The van der Waals surface area contributed by atoms with Crippen molar-refractivity contribution in [2.45, 2.75) is 20.1 Å². The van der Waals surface area contributed by atoms with E-state index in [1.807, 2.05) is 31.2 Å². The zero-order valence-corrected chi connectivity index (χ0v) is 11.1. The fourth-order valence-corrected chi connectivity index (χ4v) is 1.87. The molecule has 0 spiro atoms. The van der Waals surface area contributed by atoms with E-state index in [-0.39, 0.29) is 6.61 Å². The lowest BCUT2D eigenvalue weighted by molar-refractivity contribution is 0.180. The van der Waals surface area contributed by atoms with Crippen LogP contribution in [0.1, 0.15) is 22.4 Å². The zero-order valence-electron chi connectivity index (χ0n) is 11.1. The smallest absolute Gasteiger partial charge is 0.140 e. The number of aromatic nitrogens is 2. The lowest BCUT2D eigenvalue weighted by Crippen LogP contribution is -2.06. The second-order valence-corrected chi connectivity index (χ2v) is 4.39. The first-order valence-electron chi connectivity index (χ1n) is 5.95. The monoisotopic (exact) mass is 256 g/mol. The highest BCUT2D eigenvalue weighted by atomic mass is 16.5. The van der Waals surface area contributed by atoms with Gasteiger partial charge in [-0.15, -0.1) is 0 Å². The number of hydrogen-bond acceptors (Lipinski definition) is 4. The van der Waals surface area contributed by atoms with Crippen molar-refractivity contribution >= 4 is 5.82 Å². The van der Waals surface area contributed by atoms with Crippen LogP contribution >= 0.6 is 0 Å². The Morgan fingerprint density at radius 3 is 2.63 bits per heavy atom. The van der Waals surface area contributed by atoms with E-state index >= 15 is 0 Å². The van der Waals surface area contributed by atoms with Gasteiger partial charge in [-0.3, -0.25) is 0 Å². The molecule has 0 bridgehead atoms. The van der Waals surface area contributed by atoms with Gasteiger partial charge < -0.3 is 10.5 Å². The number of nitrogens with zero attached hydrogens (tertiary/aromatic N) is 3. The third kappa shape index (κ3) is 2.75. The molecule has 98 valence electrons. The molecule has 1 aromatic heterocycles. The number of methoxy groups -OCH3 is 1. The summed E-state index contributed by atoms with van der Waals surface area (Å²) in [6, 6.07) is 10.2. The van der Waals surface area contributed by atoms with Gasteiger partial charge in [0.2, 0.25) is 0 Å². The van der Waals surface area contributed by atoms with Crippen LogP contribution in [-0.2, 0) is 17.9 Å². The fraction of sp³-hybridized carbons (Fsp3) is 0.286. The van der Waals surface area contributed by atoms with E-state index in [9.17, 15) is 0 Å². The summed E-state index contributed by atoms with van der Waals surface area (Å²) in [5.41, 5.74) is 9.22. The maximum absolute atomic E-state index is 9.10. The number of hydrogen-bond donors (Lipinski definition) is 1. The van der Waals surface area contributed by atoms with Crippen LogP contribution in [0.2, 0.25) is 0 Å². The summed E-state index contributed by atoms with van der Waals surface area (Å²) < 4.78 is 6.66. The number of ether oxygens (including phenoxy) is 1. The highest BCUT2D eigenvalue weighted by Gasteiger charge is 2.15. The number of nitrogen functional groups attached to an aromatic ring is 1. The molecule has 0 saturated carbocycles. The summed E-state index contributed by atoms with van der Waals surface area (Å²) in [4.78, 5) is 0. The Bertz CT molecular complexity index is 608. The highest BCUT2D eigenvalue weighted by Crippen LogP contribution is 2.18. The van der Waals surface area contributed by atoms with E-state index in [4.69, 9.17) is 15.7 Å². The first-order chi connectivity index (χ1) is 9.15. The van der Waals surface area contributed by atoms with Gasteiger partial charge in [-0.05, 0) is 12.5 Å². The molecule has 0 aliphatic carbocycles. The van der Waals surface area contributed by atoms with E-state index in [0.717, 1.165) is 5.56 Å². The van der Waals surface area contributed by atoms with Gasteiger partial charge in [0, 0.05) is 7.11 Å². The van der Waals surface area contributed by atoms with Crippen molar-refractivity contribution < 1.29 is 4.74 Å². The molecule has 2 aromatic rings. The summed E-state index contributed by atoms with van der Waals surface area (Å²) in [6.45, 7) is 2.87. The second kappa shape index (κ2) is 5.55. The minimum absolute atomic E-state index is 0.286. The van der Waals surface area contributed by atoms with Crippen molar-refractivity contribution in [1.82, 2.24) is 9.78 Å². The molecule has 0 radical (unpaired) electrons. The Balaban J connectivity index is 2.30. The molecule has 5 nitrogen and oxygen atoms in total. The normalized spacial score (nSPS) is 10.4. The van der Waals surface area contributed by atoms with Crippen LogP contribution in [0.3, 0.4) is 0 Å². The first-order valence-corrected chi connectivity index (χ1v) is 5.95. The zero-order chi connectivity index (χ0) is 13.8. The largest absolute Gasteiger partial charge is 0.383 e. The van der Waals surface area contributed by atoms with E-state index in [2.05, 4.69) is 11.2 Å². The van der Waals surface area contributed by atoms with Crippen LogP contribution in [0.15, 0.2) is 24.3 Å². The lowest BCUT2D eigenvalue weighted by atomic mass is 10.1. The van der Waals surface area contributed by atoms with E-state index in [0.29, 0.717) is 23.6 Å².